The van der Waals surface area contributed by atoms with Gasteiger partial charge in [0.25, 0.3) is 0 Å². The van der Waals surface area contributed by atoms with Gasteiger partial charge in [-0.15, -0.1) is 0 Å². The number of rotatable bonds is 15. The van der Waals surface area contributed by atoms with Crippen LogP contribution in [0.2, 0.25) is 0 Å². The van der Waals surface area contributed by atoms with Crippen molar-refractivity contribution >= 4 is 29.6 Å². The molecule has 4 unspecified atom stereocenters. The Morgan fingerprint density at radius 1 is 0.718 bits per heavy atom. The van der Waals surface area contributed by atoms with Gasteiger partial charge in [-0.3, -0.25) is 19.2 Å². The molecule has 3 aromatic heterocycles. The highest BCUT2D eigenvalue weighted by molar-refractivity contribution is 5.96. The lowest BCUT2D eigenvalue weighted by Crippen LogP contribution is -2.58. The van der Waals surface area contributed by atoms with Crippen molar-refractivity contribution in [1.82, 2.24) is 45.9 Å². The number of amides is 4. The fourth-order valence-corrected chi connectivity index (χ4v) is 3.60. The maximum atomic E-state index is 13.2. The van der Waals surface area contributed by atoms with E-state index in [4.69, 9.17) is 11.5 Å². The van der Waals surface area contributed by atoms with E-state index in [9.17, 15) is 29.1 Å². The van der Waals surface area contributed by atoms with Gasteiger partial charge in [0.1, 0.15) is 18.1 Å². The predicted octanol–water partition coefficient (Wildman–Crippen LogP) is -3.37. The number of carbonyl (C=O) groups is 5. The van der Waals surface area contributed by atoms with Crippen LogP contribution in [0.15, 0.2) is 37.6 Å². The second-order valence-corrected chi connectivity index (χ2v) is 8.64. The lowest BCUT2D eigenvalue weighted by Gasteiger charge is -2.24. The molecule has 0 radical (unpaired) electrons. The summed E-state index contributed by atoms with van der Waals surface area (Å²) in [6.45, 7) is 0. The largest absolute Gasteiger partial charge is 0.480 e. The summed E-state index contributed by atoms with van der Waals surface area (Å²) in [4.78, 5) is 82.3. The van der Waals surface area contributed by atoms with Gasteiger partial charge in [0.15, 0.2) is 0 Å². The SMILES string of the molecule is NC(=O)CC(NC(=O)C(Cc1cnc[nH]1)NC(=O)C(N)Cc1cnc[nH]1)C(=O)NC(Cc1cnc[nH]1)C(=O)O. The average Bonchev–Trinajstić information content (AvgIpc) is 3.66. The van der Waals surface area contributed by atoms with Crippen LogP contribution in [0.25, 0.3) is 0 Å². The number of hydrogen-bond acceptors (Lipinski definition) is 9. The maximum absolute atomic E-state index is 13.2. The molecule has 39 heavy (non-hydrogen) atoms. The summed E-state index contributed by atoms with van der Waals surface area (Å²) in [5, 5.41) is 16.8. The first-order valence-electron chi connectivity index (χ1n) is 11.7. The van der Waals surface area contributed by atoms with Gasteiger partial charge in [0, 0.05) is 54.9 Å². The number of imidazole rings is 3. The molecule has 0 saturated carbocycles. The summed E-state index contributed by atoms with van der Waals surface area (Å²) < 4.78 is 0. The Labute approximate surface area is 221 Å². The predicted molar refractivity (Wildman–Crippen MR) is 132 cm³/mol. The van der Waals surface area contributed by atoms with Crippen LogP contribution in [0.1, 0.15) is 23.5 Å². The van der Waals surface area contributed by atoms with Crippen LogP contribution >= 0.6 is 0 Å². The minimum atomic E-state index is -1.53. The Bertz CT molecular complexity index is 1240. The van der Waals surface area contributed by atoms with Gasteiger partial charge in [0.05, 0.1) is 31.4 Å². The molecule has 4 amide bonds. The maximum Gasteiger partial charge on any atom is 0.326 e. The molecule has 0 fully saturated rings. The summed E-state index contributed by atoms with van der Waals surface area (Å²) in [5.41, 5.74) is 12.8. The molecule has 0 aliphatic rings. The van der Waals surface area contributed by atoms with E-state index in [2.05, 4.69) is 45.9 Å². The van der Waals surface area contributed by atoms with E-state index >= 15 is 0 Å². The highest BCUT2D eigenvalue weighted by atomic mass is 16.4. The van der Waals surface area contributed by atoms with Gasteiger partial charge in [0.2, 0.25) is 23.6 Å². The summed E-state index contributed by atoms with van der Waals surface area (Å²) in [6, 6.07) is -5.20. The van der Waals surface area contributed by atoms with Crippen molar-refractivity contribution in [3.05, 3.63) is 54.7 Å². The summed E-state index contributed by atoms with van der Waals surface area (Å²) in [7, 11) is 0. The Morgan fingerprint density at radius 2 is 1.15 bits per heavy atom. The smallest absolute Gasteiger partial charge is 0.326 e. The number of nitrogens with zero attached hydrogens (tertiary/aromatic N) is 3. The fraction of sp³-hybridized carbons (Fsp3) is 0.364. The molecular weight excluding hydrogens is 514 g/mol. The Kier molecular flexibility index (Phi) is 9.85. The zero-order valence-electron chi connectivity index (χ0n) is 20.6. The number of carboxylic acids is 1. The van der Waals surface area contributed by atoms with Gasteiger partial charge in [-0.1, -0.05) is 0 Å². The lowest BCUT2D eigenvalue weighted by atomic mass is 10.1. The molecule has 17 nitrogen and oxygen atoms in total. The van der Waals surface area contributed by atoms with Crippen molar-refractivity contribution < 1.29 is 29.1 Å². The molecule has 3 aromatic rings. The number of hydrogen-bond donors (Lipinski definition) is 9. The van der Waals surface area contributed by atoms with E-state index in [1.54, 1.807) is 0 Å². The topological polar surface area (TPSA) is 280 Å². The first kappa shape index (κ1) is 28.5. The van der Waals surface area contributed by atoms with E-state index in [0.29, 0.717) is 17.1 Å². The quantitative estimate of drug-likeness (QED) is 0.0916. The molecule has 0 spiro atoms. The van der Waals surface area contributed by atoms with E-state index in [-0.39, 0.29) is 19.3 Å². The Morgan fingerprint density at radius 3 is 1.62 bits per heavy atom. The average molecular weight is 544 g/mol. The van der Waals surface area contributed by atoms with Crippen LogP contribution in [-0.4, -0.2) is 88.8 Å². The van der Waals surface area contributed by atoms with Crippen LogP contribution < -0.4 is 27.4 Å². The van der Waals surface area contributed by atoms with Crippen molar-refractivity contribution in [3.63, 3.8) is 0 Å². The highest BCUT2D eigenvalue weighted by Crippen LogP contribution is 2.05. The van der Waals surface area contributed by atoms with Gasteiger partial charge in [-0.2, -0.15) is 0 Å². The van der Waals surface area contributed by atoms with Crippen LogP contribution in [0.4, 0.5) is 0 Å². The molecule has 4 atom stereocenters. The van der Waals surface area contributed by atoms with E-state index in [0.717, 1.165) is 0 Å². The zero-order chi connectivity index (χ0) is 28.4. The third kappa shape index (κ3) is 8.78. The molecule has 0 bridgehead atoms. The number of nitrogens with two attached hydrogens (primary N) is 2. The van der Waals surface area contributed by atoms with Crippen molar-refractivity contribution in [2.45, 2.75) is 49.9 Å². The number of aromatic nitrogens is 6. The standard InChI is InChI=1S/C22H29N11O6/c23-14(1-11-5-25-8-28-11)19(35)31-15(2-12-6-26-9-29-12)20(36)32-16(4-18(24)34)21(37)33-17(22(38)39)3-13-7-27-10-30-13/h5-10,14-17H,1-4,23H2,(H2,24,34)(H,25,28)(H,26,29)(H,27,30)(H,31,35)(H,32,36)(H,33,37)(H,38,39). The number of nitrogens with one attached hydrogen (secondary N) is 6. The van der Waals surface area contributed by atoms with Crippen LogP contribution in [0, 0.1) is 0 Å². The second-order valence-electron chi connectivity index (χ2n) is 8.64. The van der Waals surface area contributed by atoms with Crippen LogP contribution in [0.3, 0.4) is 0 Å². The van der Waals surface area contributed by atoms with Gasteiger partial charge in [-0.25, -0.2) is 19.7 Å². The monoisotopic (exact) mass is 543 g/mol. The number of aliphatic carboxylic acids is 1. The van der Waals surface area contributed by atoms with E-state index in [1.807, 2.05) is 0 Å². The number of carboxylic acid groups (broad SMARTS) is 1. The molecule has 0 aliphatic carbocycles. The number of carbonyl (C=O) groups excluding carboxylic acids is 4. The van der Waals surface area contributed by atoms with Crippen molar-refractivity contribution in [2.75, 3.05) is 0 Å². The third-order valence-corrected chi connectivity index (χ3v) is 5.58. The molecule has 3 rings (SSSR count). The first-order chi connectivity index (χ1) is 18.6. The summed E-state index contributed by atoms with van der Waals surface area (Å²) in [6.07, 6.45) is 7.80. The molecule has 11 N–H and O–H groups in total. The minimum Gasteiger partial charge on any atom is -0.480 e. The normalized spacial score (nSPS) is 14.0. The van der Waals surface area contributed by atoms with E-state index in [1.165, 1.54) is 37.6 Å². The molecule has 17 heteroatoms. The number of primary amides is 1. The fourth-order valence-electron chi connectivity index (χ4n) is 3.60. The van der Waals surface area contributed by atoms with Gasteiger partial charge < -0.3 is 47.5 Å². The lowest BCUT2D eigenvalue weighted by molar-refractivity contribution is -0.142. The Hall–Kier alpha value is -5.06. The molecule has 0 saturated heterocycles. The number of H-pyrrole nitrogens is 3. The van der Waals surface area contributed by atoms with E-state index < -0.39 is 60.2 Å². The van der Waals surface area contributed by atoms with Crippen molar-refractivity contribution in [3.8, 4) is 0 Å². The van der Waals surface area contributed by atoms with Crippen LogP contribution in [-0.2, 0) is 43.2 Å². The molecule has 3 heterocycles. The molecular formula is C22H29N11O6. The first-order valence-corrected chi connectivity index (χ1v) is 11.7. The molecule has 0 aromatic carbocycles. The summed E-state index contributed by atoms with van der Waals surface area (Å²) in [5.74, 6) is -4.74. The molecule has 0 aliphatic heterocycles. The second kappa shape index (κ2) is 13.5. The minimum absolute atomic E-state index is 0.0587. The number of aromatic amines is 3. The third-order valence-electron chi connectivity index (χ3n) is 5.58. The molecule has 208 valence electrons. The van der Waals surface area contributed by atoms with Gasteiger partial charge >= 0.3 is 5.97 Å². The van der Waals surface area contributed by atoms with Crippen molar-refractivity contribution in [2.24, 2.45) is 11.5 Å². The highest BCUT2D eigenvalue weighted by Gasteiger charge is 2.32. The summed E-state index contributed by atoms with van der Waals surface area (Å²) >= 11 is 0. The van der Waals surface area contributed by atoms with Gasteiger partial charge in [-0.05, 0) is 0 Å². The van der Waals surface area contributed by atoms with Crippen molar-refractivity contribution in [1.29, 1.82) is 0 Å². The Balaban J connectivity index is 1.72. The zero-order valence-corrected chi connectivity index (χ0v) is 20.6. The van der Waals surface area contributed by atoms with Crippen LogP contribution in [0.5, 0.6) is 0 Å².